The number of fused-ring (bicyclic) bond motifs is 1. The maximum Gasteiger partial charge on any atom is 0.0761 e. The molecule has 1 N–H and O–H groups in total. The number of benzene rings is 1. The summed E-state index contributed by atoms with van der Waals surface area (Å²) in [5.74, 6) is 0.455. The molecule has 2 heterocycles. The van der Waals surface area contributed by atoms with E-state index in [-0.39, 0.29) is 0 Å². The SMILES string of the molecule is CC1CC(CO)CCN1Cc1ccc(Cl)c2cccnc12. The fourth-order valence-electron chi connectivity index (χ4n) is 3.26. The Labute approximate surface area is 130 Å². The van der Waals surface area contributed by atoms with Crippen molar-refractivity contribution in [3.63, 3.8) is 0 Å². The van der Waals surface area contributed by atoms with Gasteiger partial charge in [0.15, 0.2) is 0 Å². The number of hydrogen-bond acceptors (Lipinski definition) is 3. The molecule has 3 nitrogen and oxygen atoms in total. The topological polar surface area (TPSA) is 36.4 Å². The van der Waals surface area contributed by atoms with E-state index < -0.39 is 0 Å². The van der Waals surface area contributed by atoms with Crippen LogP contribution in [-0.4, -0.2) is 34.2 Å². The Morgan fingerprint density at radius 2 is 2.24 bits per heavy atom. The van der Waals surface area contributed by atoms with Gasteiger partial charge >= 0.3 is 0 Å². The van der Waals surface area contributed by atoms with Crippen molar-refractivity contribution in [1.29, 1.82) is 0 Å². The quantitative estimate of drug-likeness (QED) is 0.943. The lowest BCUT2D eigenvalue weighted by Gasteiger charge is -2.37. The van der Waals surface area contributed by atoms with E-state index in [0.29, 0.717) is 18.6 Å². The molecule has 1 saturated heterocycles. The fourth-order valence-corrected chi connectivity index (χ4v) is 3.48. The van der Waals surface area contributed by atoms with Gasteiger partial charge in [0, 0.05) is 35.8 Å². The van der Waals surface area contributed by atoms with Crippen LogP contribution in [0.1, 0.15) is 25.3 Å². The first-order chi connectivity index (χ1) is 10.2. The number of likely N-dealkylation sites (tertiary alicyclic amines) is 1. The monoisotopic (exact) mass is 304 g/mol. The highest BCUT2D eigenvalue weighted by Crippen LogP contribution is 2.28. The predicted octanol–water partition coefficient (Wildman–Crippen LogP) is 3.48. The Morgan fingerprint density at radius 3 is 3.00 bits per heavy atom. The molecule has 1 aliphatic heterocycles. The Kier molecular flexibility index (Phi) is 4.43. The summed E-state index contributed by atoms with van der Waals surface area (Å²) in [7, 11) is 0. The number of piperidine rings is 1. The molecule has 2 atom stereocenters. The van der Waals surface area contributed by atoms with Crippen molar-refractivity contribution in [2.24, 2.45) is 5.92 Å². The van der Waals surface area contributed by atoms with E-state index in [2.05, 4.69) is 22.9 Å². The zero-order valence-electron chi connectivity index (χ0n) is 12.3. The third-order valence-electron chi connectivity index (χ3n) is 4.55. The summed E-state index contributed by atoms with van der Waals surface area (Å²) in [5.41, 5.74) is 2.23. The Hall–Kier alpha value is -1.16. The maximum absolute atomic E-state index is 9.31. The average Bonchev–Trinajstić information content (AvgIpc) is 2.52. The number of hydrogen-bond donors (Lipinski definition) is 1. The van der Waals surface area contributed by atoms with E-state index in [0.717, 1.165) is 41.9 Å². The van der Waals surface area contributed by atoms with Crippen LogP contribution in [0.4, 0.5) is 0 Å². The fraction of sp³-hybridized carbons (Fsp3) is 0.471. The third kappa shape index (κ3) is 3.05. The van der Waals surface area contributed by atoms with Crippen molar-refractivity contribution in [2.75, 3.05) is 13.2 Å². The van der Waals surface area contributed by atoms with Gasteiger partial charge < -0.3 is 5.11 Å². The standard InChI is InChI=1S/C17H21ClN2O/c1-12-9-13(11-21)6-8-20(12)10-14-4-5-16(18)15-3-2-7-19-17(14)15/h2-5,7,12-13,21H,6,8-11H2,1H3. The summed E-state index contributed by atoms with van der Waals surface area (Å²) >= 11 is 6.26. The van der Waals surface area contributed by atoms with E-state index in [9.17, 15) is 5.11 Å². The lowest BCUT2D eigenvalue weighted by Crippen LogP contribution is -2.41. The molecule has 112 valence electrons. The second-order valence-corrected chi connectivity index (χ2v) is 6.41. The minimum atomic E-state index is 0.309. The molecule has 0 amide bonds. The van der Waals surface area contributed by atoms with E-state index in [4.69, 9.17) is 11.6 Å². The summed E-state index contributed by atoms with van der Waals surface area (Å²) in [4.78, 5) is 6.99. The van der Waals surface area contributed by atoms with Crippen molar-refractivity contribution in [3.8, 4) is 0 Å². The first-order valence-corrected chi connectivity index (χ1v) is 7.94. The largest absolute Gasteiger partial charge is 0.396 e. The number of nitrogens with zero attached hydrogens (tertiary/aromatic N) is 2. The Balaban J connectivity index is 1.84. The molecule has 0 spiro atoms. The molecule has 4 heteroatoms. The molecule has 0 bridgehead atoms. The molecule has 2 unspecified atom stereocenters. The third-order valence-corrected chi connectivity index (χ3v) is 4.88. The smallest absolute Gasteiger partial charge is 0.0761 e. The van der Waals surface area contributed by atoms with Crippen molar-refractivity contribution >= 4 is 22.5 Å². The molecule has 1 aromatic carbocycles. The number of aliphatic hydroxyl groups is 1. The molecule has 21 heavy (non-hydrogen) atoms. The minimum absolute atomic E-state index is 0.309. The number of aliphatic hydroxyl groups excluding tert-OH is 1. The molecule has 3 rings (SSSR count). The maximum atomic E-state index is 9.31. The molecule has 0 saturated carbocycles. The molecular formula is C17H21ClN2O. The van der Waals surface area contributed by atoms with Crippen LogP contribution in [0.15, 0.2) is 30.5 Å². The normalized spacial score (nSPS) is 23.6. The number of halogens is 1. The average molecular weight is 305 g/mol. The van der Waals surface area contributed by atoms with Gasteiger partial charge in [-0.25, -0.2) is 0 Å². The van der Waals surface area contributed by atoms with Crippen molar-refractivity contribution in [3.05, 3.63) is 41.0 Å². The number of rotatable bonds is 3. The van der Waals surface area contributed by atoms with Crippen LogP contribution in [-0.2, 0) is 6.54 Å². The predicted molar refractivity (Wildman–Crippen MR) is 86.4 cm³/mol. The van der Waals surface area contributed by atoms with Gasteiger partial charge in [0.05, 0.1) is 5.52 Å². The summed E-state index contributed by atoms with van der Waals surface area (Å²) in [6.45, 7) is 4.48. The van der Waals surface area contributed by atoms with Crippen molar-refractivity contribution < 1.29 is 5.11 Å². The molecule has 1 aromatic heterocycles. The summed E-state index contributed by atoms with van der Waals surface area (Å²) in [5, 5.41) is 11.1. The highest BCUT2D eigenvalue weighted by atomic mass is 35.5. The van der Waals surface area contributed by atoms with Crippen LogP contribution in [0.2, 0.25) is 5.02 Å². The summed E-state index contributed by atoms with van der Waals surface area (Å²) in [6.07, 6.45) is 3.96. The van der Waals surface area contributed by atoms with Gasteiger partial charge in [-0.15, -0.1) is 0 Å². The van der Waals surface area contributed by atoms with Crippen LogP contribution >= 0.6 is 11.6 Å². The van der Waals surface area contributed by atoms with Gasteiger partial charge in [-0.3, -0.25) is 9.88 Å². The van der Waals surface area contributed by atoms with Crippen molar-refractivity contribution in [2.45, 2.75) is 32.4 Å². The van der Waals surface area contributed by atoms with Gasteiger partial charge in [0.1, 0.15) is 0 Å². The molecule has 1 aliphatic rings. The Morgan fingerprint density at radius 1 is 1.38 bits per heavy atom. The molecule has 0 aliphatic carbocycles. The summed E-state index contributed by atoms with van der Waals surface area (Å²) in [6, 6.07) is 8.49. The van der Waals surface area contributed by atoms with E-state index in [1.165, 1.54) is 5.56 Å². The highest BCUT2D eigenvalue weighted by molar-refractivity contribution is 6.35. The second kappa shape index (κ2) is 6.30. The lowest BCUT2D eigenvalue weighted by molar-refractivity contribution is 0.0842. The first-order valence-electron chi connectivity index (χ1n) is 7.56. The number of pyridine rings is 1. The first kappa shape index (κ1) is 14.8. The Bertz CT molecular complexity index is 631. The van der Waals surface area contributed by atoms with Crippen molar-refractivity contribution in [1.82, 2.24) is 9.88 Å². The van der Waals surface area contributed by atoms with Gasteiger partial charge in [-0.2, -0.15) is 0 Å². The van der Waals surface area contributed by atoms with E-state index in [1.807, 2.05) is 24.4 Å². The van der Waals surface area contributed by atoms with Crippen LogP contribution < -0.4 is 0 Å². The molecule has 1 fully saturated rings. The van der Waals surface area contributed by atoms with E-state index in [1.54, 1.807) is 0 Å². The molecular weight excluding hydrogens is 284 g/mol. The van der Waals surface area contributed by atoms with Crippen LogP contribution in [0.3, 0.4) is 0 Å². The zero-order valence-corrected chi connectivity index (χ0v) is 13.1. The van der Waals surface area contributed by atoms with E-state index >= 15 is 0 Å². The van der Waals surface area contributed by atoms with Gasteiger partial charge in [-0.1, -0.05) is 17.7 Å². The molecule has 2 aromatic rings. The lowest BCUT2D eigenvalue weighted by atomic mass is 9.92. The summed E-state index contributed by atoms with van der Waals surface area (Å²) < 4.78 is 0. The second-order valence-electron chi connectivity index (χ2n) is 6.00. The van der Waals surface area contributed by atoms with Crippen LogP contribution in [0.5, 0.6) is 0 Å². The van der Waals surface area contributed by atoms with Crippen LogP contribution in [0, 0.1) is 5.92 Å². The van der Waals surface area contributed by atoms with Gasteiger partial charge in [0.2, 0.25) is 0 Å². The highest BCUT2D eigenvalue weighted by Gasteiger charge is 2.25. The van der Waals surface area contributed by atoms with Gasteiger partial charge in [-0.05, 0) is 56.0 Å². The number of aromatic nitrogens is 1. The molecule has 0 radical (unpaired) electrons. The zero-order chi connectivity index (χ0) is 14.8. The van der Waals surface area contributed by atoms with Gasteiger partial charge in [0.25, 0.3) is 0 Å². The minimum Gasteiger partial charge on any atom is -0.396 e. The van der Waals surface area contributed by atoms with Crippen LogP contribution in [0.25, 0.3) is 10.9 Å².